The number of rotatable bonds is 4. The van der Waals surface area contributed by atoms with Gasteiger partial charge in [-0.1, -0.05) is 6.85 Å². The number of H-pyrrole nitrogens is 1. The first kappa shape index (κ1) is 7.04. The molecule has 1 heterocycles. The highest BCUT2D eigenvalue weighted by atomic mass is 32.2. The Morgan fingerprint density at radius 2 is 2.53 bits per heavy atom. The van der Waals surface area contributed by atoms with Crippen LogP contribution in [0.1, 0.15) is 22.8 Å². The highest BCUT2D eigenvalue weighted by Crippen LogP contribution is 2.18. The molecule has 2 aromatic rings. The largest absolute Gasteiger partial charge is 0.453 e. The molecule has 0 radical (unpaired) electrons. The summed E-state index contributed by atoms with van der Waals surface area (Å²) in [6.45, 7) is -3.30. The predicted molar refractivity (Wildman–Crippen MR) is 73.7 cm³/mol. The van der Waals surface area contributed by atoms with Gasteiger partial charge in [0, 0.05) is 20.2 Å². The third kappa shape index (κ3) is 3.11. The van der Waals surface area contributed by atoms with Crippen LogP contribution in [0.3, 0.4) is 0 Å². The van der Waals surface area contributed by atoms with E-state index in [1.807, 2.05) is 0 Å². The van der Waals surface area contributed by atoms with Crippen LogP contribution in [-0.4, -0.2) is 33.1 Å². The van der Waals surface area contributed by atoms with Gasteiger partial charge in [0.25, 0.3) is 0 Å². The lowest BCUT2D eigenvalue weighted by Crippen LogP contribution is -2.11. The van der Waals surface area contributed by atoms with Gasteiger partial charge in [-0.3, -0.25) is 9.53 Å². The third-order valence-corrected chi connectivity index (χ3v) is 3.19. The van der Waals surface area contributed by atoms with E-state index in [0.29, 0.717) is 5.52 Å². The Hall–Kier alpha value is -1.89. The van der Waals surface area contributed by atoms with Gasteiger partial charge in [-0.05, 0) is 24.6 Å². The number of carbonyl (C=O) groups is 1. The number of aromatic amines is 1. The standard InChI is InChI=1S/C12H15N3O3S/c1-3-6-19(17)8-4-5-9-10(7-8)14-11(13-9)15-12(16)18-2/h4-5,7H,3,6H2,1-2H3,(H2,13,14,15,16)/i1D3,3D2,6D2. The van der Waals surface area contributed by atoms with Gasteiger partial charge in [0.1, 0.15) is 0 Å². The minimum Gasteiger partial charge on any atom is -0.453 e. The molecule has 0 aliphatic rings. The Balaban J connectivity index is 2.40. The fraction of sp³-hybridized carbons (Fsp3) is 0.333. The maximum absolute atomic E-state index is 12.6. The molecule has 1 atom stereocenters. The Bertz CT molecular complexity index is 865. The summed E-state index contributed by atoms with van der Waals surface area (Å²) in [5.41, 5.74) is -2.54. The zero-order valence-corrected chi connectivity index (χ0v) is 10.6. The maximum Gasteiger partial charge on any atom is 0.413 e. The van der Waals surface area contributed by atoms with Crippen molar-refractivity contribution < 1.29 is 23.3 Å². The average molecular weight is 288 g/mol. The number of carbonyl (C=O) groups excluding carboxylic acids is 1. The highest BCUT2D eigenvalue weighted by molar-refractivity contribution is 7.85. The van der Waals surface area contributed by atoms with Crippen LogP contribution < -0.4 is 5.32 Å². The third-order valence-electron chi connectivity index (χ3n) is 2.22. The quantitative estimate of drug-likeness (QED) is 0.903. The molecule has 1 aromatic carbocycles. The minimum atomic E-state index is -3.34. The molecular formula is C12H15N3O3S. The van der Waals surface area contributed by atoms with Gasteiger partial charge in [0.05, 0.1) is 28.9 Å². The van der Waals surface area contributed by atoms with E-state index in [1.54, 1.807) is 0 Å². The number of fused-ring (bicyclic) bond motifs is 1. The molecule has 1 unspecified atom stereocenters. The number of nitrogens with zero attached hydrogens (tertiary/aromatic N) is 1. The van der Waals surface area contributed by atoms with Gasteiger partial charge < -0.3 is 9.72 Å². The second kappa shape index (κ2) is 5.83. The molecule has 0 bridgehead atoms. The Morgan fingerprint density at radius 3 is 3.26 bits per heavy atom. The summed E-state index contributed by atoms with van der Waals surface area (Å²) in [6, 6.07) is 3.87. The van der Waals surface area contributed by atoms with Crippen LogP contribution in [0.4, 0.5) is 10.7 Å². The first-order valence-corrected chi connectivity index (χ1v) is 6.23. The van der Waals surface area contributed by atoms with Crippen LogP contribution in [0.15, 0.2) is 23.1 Å². The number of methoxy groups -OCH3 is 1. The predicted octanol–water partition coefficient (Wildman–Crippen LogP) is 2.26. The van der Waals surface area contributed by atoms with Crippen molar-refractivity contribution >= 4 is 33.9 Å². The van der Waals surface area contributed by atoms with E-state index in [-0.39, 0.29) is 16.4 Å². The highest BCUT2D eigenvalue weighted by Gasteiger charge is 2.09. The number of aromatic nitrogens is 2. The maximum atomic E-state index is 12.6. The van der Waals surface area contributed by atoms with Crippen molar-refractivity contribution in [2.75, 3.05) is 18.1 Å². The van der Waals surface area contributed by atoms with E-state index in [4.69, 9.17) is 9.60 Å². The summed E-state index contributed by atoms with van der Waals surface area (Å²) in [6.07, 6.45) is -4.11. The molecule has 0 saturated carbocycles. The van der Waals surface area contributed by atoms with Crippen molar-refractivity contribution in [3.63, 3.8) is 0 Å². The van der Waals surface area contributed by atoms with Gasteiger partial charge in [0.15, 0.2) is 0 Å². The number of hydrogen-bond acceptors (Lipinski definition) is 4. The first-order valence-electron chi connectivity index (χ1n) is 8.58. The number of ether oxygens (including phenoxy) is 1. The molecule has 0 fully saturated rings. The zero-order valence-electron chi connectivity index (χ0n) is 16.8. The van der Waals surface area contributed by atoms with E-state index < -0.39 is 35.8 Å². The monoisotopic (exact) mass is 288 g/mol. The van der Waals surface area contributed by atoms with E-state index in [1.165, 1.54) is 25.3 Å². The summed E-state index contributed by atoms with van der Waals surface area (Å²) in [5, 5.41) is 2.29. The van der Waals surface area contributed by atoms with Crippen LogP contribution in [0.25, 0.3) is 11.0 Å². The second-order valence-electron chi connectivity index (χ2n) is 3.38. The van der Waals surface area contributed by atoms with E-state index in [9.17, 15) is 9.00 Å². The number of hydrogen-bond donors (Lipinski definition) is 2. The number of anilines is 1. The van der Waals surface area contributed by atoms with Gasteiger partial charge in [-0.25, -0.2) is 9.78 Å². The second-order valence-corrected chi connectivity index (χ2v) is 4.59. The number of amides is 1. The molecule has 0 saturated heterocycles. The molecule has 0 aliphatic heterocycles. The van der Waals surface area contributed by atoms with Crippen LogP contribution in [0.5, 0.6) is 0 Å². The lowest BCUT2D eigenvalue weighted by molar-refractivity contribution is 0.186. The van der Waals surface area contributed by atoms with Gasteiger partial charge >= 0.3 is 6.09 Å². The fourth-order valence-electron chi connectivity index (χ4n) is 1.42. The first-order chi connectivity index (χ1) is 11.8. The molecule has 1 amide bonds. The molecule has 7 heteroatoms. The molecule has 2 rings (SSSR count). The summed E-state index contributed by atoms with van der Waals surface area (Å²) >= 11 is 0. The molecule has 6 nitrogen and oxygen atoms in total. The van der Waals surface area contributed by atoms with Crippen molar-refractivity contribution in [3.05, 3.63) is 18.2 Å². The summed E-state index contributed by atoms with van der Waals surface area (Å²) in [5.74, 6) is 0.0376. The van der Waals surface area contributed by atoms with Crippen LogP contribution >= 0.6 is 0 Å². The van der Waals surface area contributed by atoms with Gasteiger partial charge in [-0.2, -0.15) is 0 Å². The van der Waals surface area contributed by atoms with Crippen molar-refractivity contribution in [2.24, 2.45) is 0 Å². The average Bonchev–Trinajstić information content (AvgIpc) is 2.93. The van der Waals surface area contributed by atoms with E-state index >= 15 is 0 Å². The lowest BCUT2D eigenvalue weighted by atomic mass is 10.3. The van der Waals surface area contributed by atoms with Gasteiger partial charge in [0.2, 0.25) is 5.95 Å². The molecule has 0 aliphatic carbocycles. The Morgan fingerprint density at radius 1 is 1.68 bits per heavy atom. The van der Waals surface area contributed by atoms with Crippen molar-refractivity contribution in [1.82, 2.24) is 9.97 Å². The molecule has 2 N–H and O–H groups in total. The normalized spacial score (nSPS) is 19.9. The zero-order chi connectivity index (χ0) is 19.9. The summed E-state index contributed by atoms with van der Waals surface area (Å²) < 4.78 is 69.3. The van der Waals surface area contributed by atoms with Crippen molar-refractivity contribution in [3.8, 4) is 0 Å². The minimum absolute atomic E-state index is 0.0376. The SMILES string of the molecule is [2H]C([2H])([2H])C([2H])([2H])C([2H])([2H])S(=O)c1ccc2nc(NC(=O)OC)[nH]c2c1. The molecule has 0 spiro atoms. The number of imidazole rings is 1. The van der Waals surface area contributed by atoms with Crippen LogP contribution in [0.2, 0.25) is 0 Å². The van der Waals surface area contributed by atoms with Crippen LogP contribution in [-0.2, 0) is 15.5 Å². The number of nitrogens with one attached hydrogen (secondary N) is 2. The molecule has 1 aromatic heterocycles. The molecular weight excluding hydrogens is 266 g/mol. The Kier molecular flexibility index (Phi) is 2.16. The smallest absolute Gasteiger partial charge is 0.413 e. The lowest BCUT2D eigenvalue weighted by Gasteiger charge is -1.99. The molecule has 102 valence electrons. The molecule has 19 heavy (non-hydrogen) atoms. The van der Waals surface area contributed by atoms with Crippen LogP contribution in [0, 0.1) is 0 Å². The number of benzene rings is 1. The van der Waals surface area contributed by atoms with Crippen molar-refractivity contribution in [2.45, 2.75) is 18.1 Å². The van der Waals surface area contributed by atoms with E-state index in [2.05, 4.69) is 20.0 Å². The fourth-order valence-corrected chi connectivity index (χ4v) is 2.04. The van der Waals surface area contributed by atoms with Crippen molar-refractivity contribution in [1.29, 1.82) is 0 Å². The topological polar surface area (TPSA) is 84.1 Å². The van der Waals surface area contributed by atoms with E-state index in [0.717, 1.165) is 0 Å². The summed E-state index contributed by atoms with van der Waals surface area (Å²) in [7, 11) is -1.46. The Labute approximate surface area is 122 Å². The summed E-state index contributed by atoms with van der Waals surface area (Å²) in [4.78, 5) is 17.8. The van der Waals surface area contributed by atoms with Gasteiger partial charge in [-0.15, -0.1) is 0 Å².